The van der Waals surface area contributed by atoms with Gasteiger partial charge in [-0.3, -0.25) is 4.90 Å². The first kappa shape index (κ1) is 13.7. The van der Waals surface area contributed by atoms with E-state index in [2.05, 4.69) is 11.8 Å². The molecule has 1 saturated heterocycles. The van der Waals surface area contributed by atoms with E-state index in [1.54, 1.807) is 7.11 Å². The number of ether oxygens (including phenoxy) is 1. The molecule has 1 aliphatic rings. The first-order valence-electron chi connectivity index (χ1n) is 6.41. The summed E-state index contributed by atoms with van der Waals surface area (Å²) in [6.07, 6.45) is 2.58. The summed E-state index contributed by atoms with van der Waals surface area (Å²) in [6.45, 7) is 4.19. The minimum absolute atomic E-state index is 0.402. The summed E-state index contributed by atoms with van der Waals surface area (Å²) in [5.41, 5.74) is 7.94. The Hall–Kier alpha value is -0.770. The van der Waals surface area contributed by atoms with E-state index in [0.717, 1.165) is 37.2 Å². The van der Waals surface area contributed by atoms with Crippen LogP contribution in [0.3, 0.4) is 0 Å². The number of likely N-dealkylation sites (tertiary alicyclic amines) is 1. The monoisotopic (exact) mass is 268 g/mol. The highest BCUT2D eigenvalue weighted by Crippen LogP contribution is 2.24. The second-order valence-electron chi connectivity index (χ2n) is 5.04. The Morgan fingerprint density at radius 2 is 2.28 bits per heavy atom. The molecule has 0 amide bonds. The molecule has 0 spiro atoms. The number of rotatable bonds is 3. The second kappa shape index (κ2) is 5.91. The van der Waals surface area contributed by atoms with Crippen molar-refractivity contribution in [1.82, 2.24) is 4.90 Å². The van der Waals surface area contributed by atoms with Crippen LogP contribution in [0.25, 0.3) is 0 Å². The molecule has 1 heterocycles. The minimum Gasteiger partial charge on any atom is -0.398 e. The predicted molar refractivity (Wildman–Crippen MR) is 75.8 cm³/mol. The fourth-order valence-corrected chi connectivity index (χ4v) is 2.74. The maximum Gasteiger partial charge on any atom is 0.0598 e. The average Bonchev–Trinajstić information content (AvgIpc) is 2.34. The zero-order valence-corrected chi connectivity index (χ0v) is 11.8. The maximum absolute atomic E-state index is 6.00. The van der Waals surface area contributed by atoms with E-state index >= 15 is 0 Å². The average molecular weight is 269 g/mol. The normalized spacial score (nSPS) is 25.3. The van der Waals surface area contributed by atoms with Gasteiger partial charge in [0, 0.05) is 37.0 Å². The van der Waals surface area contributed by atoms with Gasteiger partial charge < -0.3 is 10.5 Å². The topological polar surface area (TPSA) is 38.5 Å². The standard InChI is InChI=1S/C14H21ClN2O/c1-10-7-13(18-2)5-6-17(10)9-11-3-4-12(15)8-14(11)16/h3-4,8,10,13H,5-7,9,16H2,1-2H3. The minimum atomic E-state index is 0.402. The fourth-order valence-electron chi connectivity index (χ4n) is 2.56. The molecular formula is C14H21ClN2O. The molecule has 1 fully saturated rings. The number of hydrogen-bond donors (Lipinski definition) is 1. The Morgan fingerprint density at radius 1 is 1.50 bits per heavy atom. The van der Waals surface area contributed by atoms with Crippen LogP contribution in [-0.4, -0.2) is 30.7 Å². The molecule has 3 nitrogen and oxygen atoms in total. The lowest BCUT2D eigenvalue weighted by atomic mass is 9.99. The van der Waals surface area contributed by atoms with Gasteiger partial charge in [-0.05, 0) is 37.5 Å². The van der Waals surface area contributed by atoms with E-state index in [9.17, 15) is 0 Å². The zero-order valence-electron chi connectivity index (χ0n) is 11.0. The summed E-state index contributed by atoms with van der Waals surface area (Å²) < 4.78 is 5.43. The molecule has 1 aromatic carbocycles. The van der Waals surface area contributed by atoms with Crippen LogP contribution in [0.5, 0.6) is 0 Å². The number of methoxy groups -OCH3 is 1. The largest absolute Gasteiger partial charge is 0.398 e. The van der Waals surface area contributed by atoms with Gasteiger partial charge in [0.05, 0.1) is 6.10 Å². The molecule has 0 radical (unpaired) electrons. The third-order valence-electron chi connectivity index (χ3n) is 3.78. The molecule has 1 aliphatic heterocycles. The number of halogens is 1. The van der Waals surface area contributed by atoms with Crippen molar-refractivity contribution in [2.75, 3.05) is 19.4 Å². The molecule has 0 aromatic heterocycles. The van der Waals surface area contributed by atoms with Crippen LogP contribution in [0.2, 0.25) is 5.02 Å². The number of piperidine rings is 1. The number of nitrogens with two attached hydrogens (primary N) is 1. The summed E-state index contributed by atoms with van der Waals surface area (Å²) in [4.78, 5) is 2.45. The quantitative estimate of drug-likeness (QED) is 0.857. The van der Waals surface area contributed by atoms with Gasteiger partial charge in [-0.15, -0.1) is 0 Å². The molecule has 4 heteroatoms. The first-order valence-corrected chi connectivity index (χ1v) is 6.78. The Balaban J connectivity index is 2.01. The molecule has 2 N–H and O–H groups in total. The number of hydrogen-bond acceptors (Lipinski definition) is 3. The van der Waals surface area contributed by atoms with Gasteiger partial charge in [-0.2, -0.15) is 0 Å². The van der Waals surface area contributed by atoms with E-state index in [1.807, 2.05) is 18.2 Å². The molecule has 0 aliphatic carbocycles. The summed E-state index contributed by atoms with van der Waals surface area (Å²) in [7, 11) is 1.80. The van der Waals surface area contributed by atoms with Crippen LogP contribution in [0, 0.1) is 0 Å². The van der Waals surface area contributed by atoms with Crippen molar-refractivity contribution in [3.8, 4) is 0 Å². The Morgan fingerprint density at radius 3 is 2.89 bits per heavy atom. The summed E-state index contributed by atoms with van der Waals surface area (Å²) in [6, 6.07) is 6.27. The van der Waals surface area contributed by atoms with E-state index in [1.165, 1.54) is 0 Å². The third-order valence-corrected chi connectivity index (χ3v) is 4.02. The summed E-state index contributed by atoms with van der Waals surface area (Å²) >= 11 is 5.92. The van der Waals surface area contributed by atoms with Gasteiger partial charge in [-0.1, -0.05) is 17.7 Å². The smallest absolute Gasteiger partial charge is 0.0598 e. The molecule has 18 heavy (non-hydrogen) atoms. The van der Waals surface area contributed by atoms with Crippen molar-refractivity contribution in [1.29, 1.82) is 0 Å². The van der Waals surface area contributed by atoms with Crippen LogP contribution >= 0.6 is 11.6 Å². The lowest BCUT2D eigenvalue weighted by Crippen LogP contribution is -2.42. The lowest BCUT2D eigenvalue weighted by Gasteiger charge is -2.37. The number of anilines is 1. The van der Waals surface area contributed by atoms with Crippen LogP contribution in [0.15, 0.2) is 18.2 Å². The summed E-state index contributed by atoms with van der Waals surface area (Å²) in [5, 5.41) is 0.697. The zero-order chi connectivity index (χ0) is 13.1. The Labute approximate surface area is 114 Å². The van der Waals surface area contributed by atoms with Crippen LogP contribution in [0.1, 0.15) is 25.3 Å². The van der Waals surface area contributed by atoms with Crippen LogP contribution in [0.4, 0.5) is 5.69 Å². The van der Waals surface area contributed by atoms with E-state index in [4.69, 9.17) is 22.1 Å². The summed E-state index contributed by atoms with van der Waals surface area (Å²) in [5.74, 6) is 0. The van der Waals surface area contributed by atoms with Crippen molar-refractivity contribution in [3.05, 3.63) is 28.8 Å². The van der Waals surface area contributed by atoms with Gasteiger partial charge >= 0.3 is 0 Å². The van der Waals surface area contributed by atoms with Gasteiger partial charge in [-0.25, -0.2) is 0 Å². The molecule has 0 saturated carbocycles. The highest BCUT2D eigenvalue weighted by atomic mass is 35.5. The van der Waals surface area contributed by atoms with Crippen molar-refractivity contribution in [2.24, 2.45) is 0 Å². The number of nitrogen functional groups attached to an aromatic ring is 1. The van der Waals surface area contributed by atoms with E-state index in [-0.39, 0.29) is 0 Å². The Bertz CT molecular complexity index is 411. The SMILES string of the molecule is COC1CCN(Cc2ccc(Cl)cc2N)C(C)C1. The first-order chi connectivity index (χ1) is 8.60. The molecule has 1 aromatic rings. The van der Waals surface area contributed by atoms with Gasteiger partial charge in [0.15, 0.2) is 0 Å². The molecule has 2 rings (SSSR count). The van der Waals surface area contributed by atoms with Gasteiger partial charge in [0.2, 0.25) is 0 Å². The Kier molecular flexibility index (Phi) is 4.49. The van der Waals surface area contributed by atoms with Crippen molar-refractivity contribution >= 4 is 17.3 Å². The predicted octanol–water partition coefficient (Wildman–Crippen LogP) is 2.92. The second-order valence-corrected chi connectivity index (χ2v) is 5.48. The number of nitrogens with zero attached hydrogens (tertiary/aromatic N) is 1. The van der Waals surface area contributed by atoms with Crippen molar-refractivity contribution in [3.63, 3.8) is 0 Å². The van der Waals surface area contributed by atoms with Crippen LogP contribution in [-0.2, 0) is 11.3 Å². The van der Waals surface area contributed by atoms with Crippen LogP contribution < -0.4 is 5.73 Å². The molecule has 0 bridgehead atoms. The van der Waals surface area contributed by atoms with Crippen molar-refractivity contribution in [2.45, 2.75) is 38.5 Å². The van der Waals surface area contributed by atoms with Gasteiger partial charge in [0.1, 0.15) is 0 Å². The third kappa shape index (κ3) is 3.16. The fraction of sp³-hybridized carbons (Fsp3) is 0.571. The maximum atomic E-state index is 6.00. The van der Waals surface area contributed by atoms with E-state index < -0.39 is 0 Å². The highest BCUT2D eigenvalue weighted by Gasteiger charge is 2.25. The number of benzene rings is 1. The van der Waals surface area contributed by atoms with E-state index in [0.29, 0.717) is 17.2 Å². The van der Waals surface area contributed by atoms with Crippen molar-refractivity contribution < 1.29 is 4.74 Å². The lowest BCUT2D eigenvalue weighted by molar-refractivity contribution is 0.0130. The molecular weight excluding hydrogens is 248 g/mol. The molecule has 2 unspecified atom stereocenters. The van der Waals surface area contributed by atoms with Gasteiger partial charge in [0.25, 0.3) is 0 Å². The molecule has 100 valence electrons. The highest BCUT2D eigenvalue weighted by molar-refractivity contribution is 6.30. The molecule has 2 atom stereocenters.